The van der Waals surface area contributed by atoms with Crippen molar-refractivity contribution in [2.45, 2.75) is 58.1 Å². The van der Waals surface area contributed by atoms with E-state index in [1.807, 2.05) is 19.3 Å². The Labute approximate surface area is 121 Å². The first kappa shape index (κ1) is 13.8. The first-order chi connectivity index (χ1) is 9.67. The first-order valence-corrected chi connectivity index (χ1v) is 7.80. The van der Waals surface area contributed by atoms with E-state index < -0.39 is 0 Å². The number of ether oxygens (including phenoxy) is 1. The Balaban J connectivity index is 1.78. The Morgan fingerprint density at radius 2 is 1.95 bits per heavy atom. The second-order valence-corrected chi connectivity index (χ2v) is 6.31. The Hall–Kier alpha value is -1.16. The summed E-state index contributed by atoms with van der Waals surface area (Å²) in [4.78, 5) is 11.2. The van der Waals surface area contributed by atoms with Gasteiger partial charge in [0.1, 0.15) is 0 Å². The van der Waals surface area contributed by atoms with Gasteiger partial charge in [-0.2, -0.15) is 0 Å². The summed E-state index contributed by atoms with van der Waals surface area (Å²) < 4.78 is 5.98. The van der Waals surface area contributed by atoms with Crippen molar-refractivity contribution in [3.8, 4) is 0 Å². The minimum Gasteiger partial charge on any atom is -0.378 e. The average Bonchev–Trinajstić information content (AvgIpc) is 2.95. The Morgan fingerprint density at radius 1 is 1.30 bits per heavy atom. The smallest absolute Gasteiger partial charge is 0.225 e. The van der Waals surface area contributed by atoms with Crippen molar-refractivity contribution in [3.63, 3.8) is 0 Å². The van der Waals surface area contributed by atoms with Crippen molar-refractivity contribution in [1.82, 2.24) is 9.97 Å². The Bertz CT molecular complexity index is 453. The van der Waals surface area contributed by atoms with Crippen LogP contribution in [0.4, 0.5) is 5.95 Å². The standard InChI is InChI=1S/C16H25N3O/c1-4-20-14-9-13(16(14)7-5-6-8-16)19(3)15-17-10-12(2)11-18-15/h10-11,13-14H,4-9H2,1-3H3. The Kier molecular flexibility index (Phi) is 3.67. The molecule has 110 valence electrons. The topological polar surface area (TPSA) is 38.2 Å². The van der Waals surface area contributed by atoms with Crippen LogP contribution in [0.3, 0.4) is 0 Å². The number of nitrogens with zero attached hydrogens (tertiary/aromatic N) is 3. The molecule has 2 aliphatic rings. The highest BCUT2D eigenvalue weighted by molar-refractivity contribution is 5.35. The fraction of sp³-hybridized carbons (Fsp3) is 0.750. The number of hydrogen-bond acceptors (Lipinski definition) is 4. The maximum absolute atomic E-state index is 5.98. The number of anilines is 1. The van der Waals surface area contributed by atoms with Gasteiger partial charge in [0.25, 0.3) is 0 Å². The molecule has 4 heteroatoms. The van der Waals surface area contributed by atoms with E-state index in [0.29, 0.717) is 17.6 Å². The van der Waals surface area contributed by atoms with Crippen molar-refractivity contribution in [1.29, 1.82) is 0 Å². The third kappa shape index (κ3) is 2.10. The molecule has 2 saturated carbocycles. The van der Waals surface area contributed by atoms with Gasteiger partial charge in [-0.1, -0.05) is 12.8 Å². The molecule has 2 fully saturated rings. The second kappa shape index (κ2) is 5.32. The molecule has 1 heterocycles. The van der Waals surface area contributed by atoms with Crippen LogP contribution in [0.2, 0.25) is 0 Å². The minimum absolute atomic E-state index is 0.346. The van der Waals surface area contributed by atoms with Gasteiger partial charge in [0.05, 0.1) is 6.10 Å². The molecule has 0 N–H and O–H groups in total. The lowest BCUT2D eigenvalue weighted by Gasteiger charge is -2.57. The van der Waals surface area contributed by atoms with Crippen LogP contribution in [-0.2, 0) is 4.74 Å². The van der Waals surface area contributed by atoms with Crippen LogP contribution < -0.4 is 4.90 Å². The number of aromatic nitrogens is 2. The van der Waals surface area contributed by atoms with E-state index in [9.17, 15) is 0 Å². The maximum atomic E-state index is 5.98. The lowest BCUT2D eigenvalue weighted by atomic mass is 9.60. The van der Waals surface area contributed by atoms with E-state index in [4.69, 9.17) is 4.74 Å². The van der Waals surface area contributed by atoms with Gasteiger partial charge in [0.15, 0.2) is 0 Å². The number of aryl methyl sites for hydroxylation is 1. The normalized spacial score (nSPS) is 27.6. The van der Waals surface area contributed by atoms with Gasteiger partial charge in [0, 0.05) is 37.5 Å². The summed E-state index contributed by atoms with van der Waals surface area (Å²) >= 11 is 0. The molecule has 1 aromatic heterocycles. The molecule has 0 amide bonds. The minimum atomic E-state index is 0.346. The van der Waals surface area contributed by atoms with E-state index in [1.165, 1.54) is 25.7 Å². The summed E-state index contributed by atoms with van der Waals surface area (Å²) in [7, 11) is 2.14. The van der Waals surface area contributed by atoms with Crippen LogP contribution in [0.25, 0.3) is 0 Å². The highest BCUT2D eigenvalue weighted by Crippen LogP contribution is 2.56. The fourth-order valence-electron chi connectivity index (χ4n) is 4.10. The van der Waals surface area contributed by atoms with Crippen LogP contribution in [0, 0.1) is 12.3 Å². The fourth-order valence-corrected chi connectivity index (χ4v) is 4.10. The summed E-state index contributed by atoms with van der Waals surface area (Å²) in [6.45, 7) is 4.95. The first-order valence-electron chi connectivity index (χ1n) is 7.80. The van der Waals surface area contributed by atoms with Crippen molar-refractivity contribution in [3.05, 3.63) is 18.0 Å². The Morgan fingerprint density at radius 3 is 2.55 bits per heavy atom. The van der Waals surface area contributed by atoms with Crippen molar-refractivity contribution in [2.24, 2.45) is 5.41 Å². The maximum Gasteiger partial charge on any atom is 0.225 e. The van der Waals surface area contributed by atoms with E-state index in [-0.39, 0.29) is 0 Å². The molecule has 2 atom stereocenters. The quantitative estimate of drug-likeness (QED) is 0.847. The zero-order chi connectivity index (χ0) is 14.2. The molecule has 20 heavy (non-hydrogen) atoms. The third-order valence-corrected chi connectivity index (χ3v) is 5.19. The molecule has 4 nitrogen and oxygen atoms in total. The molecular formula is C16H25N3O. The molecular weight excluding hydrogens is 250 g/mol. The summed E-state index contributed by atoms with van der Waals surface area (Å²) in [5.74, 6) is 0.849. The van der Waals surface area contributed by atoms with E-state index in [2.05, 4.69) is 28.8 Å². The van der Waals surface area contributed by atoms with Crippen molar-refractivity contribution in [2.75, 3.05) is 18.6 Å². The molecule has 0 saturated heterocycles. The van der Waals surface area contributed by atoms with E-state index in [1.54, 1.807) is 0 Å². The van der Waals surface area contributed by atoms with Gasteiger partial charge in [-0.3, -0.25) is 0 Å². The van der Waals surface area contributed by atoms with Gasteiger partial charge >= 0.3 is 0 Å². The van der Waals surface area contributed by atoms with E-state index >= 15 is 0 Å². The summed E-state index contributed by atoms with van der Waals surface area (Å²) in [5.41, 5.74) is 1.46. The molecule has 3 rings (SSSR count). The lowest BCUT2D eigenvalue weighted by molar-refractivity contribution is -0.121. The molecule has 0 aliphatic heterocycles. The molecule has 0 aromatic carbocycles. The number of rotatable bonds is 4. The highest BCUT2D eigenvalue weighted by atomic mass is 16.5. The predicted octanol–water partition coefficient (Wildman–Crippen LogP) is 2.96. The van der Waals surface area contributed by atoms with E-state index in [0.717, 1.165) is 24.5 Å². The predicted molar refractivity (Wildman–Crippen MR) is 79.9 cm³/mol. The number of hydrogen-bond donors (Lipinski definition) is 0. The van der Waals surface area contributed by atoms with Crippen LogP contribution in [0.15, 0.2) is 12.4 Å². The van der Waals surface area contributed by atoms with Crippen LogP contribution in [0.5, 0.6) is 0 Å². The molecule has 0 bridgehead atoms. The zero-order valence-corrected chi connectivity index (χ0v) is 12.8. The van der Waals surface area contributed by atoms with Crippen LogP contribution in [0.1, 0.15) is 44.6 Å². The van der Waals surface area contributed by atoms with Gasteiger partial charge in [-0.15, -0.1) is 0 Å². The highest BCUT2D eigenvalue weighted by Gasteiger charge is 2.58. The lowest BCUT2D eigenvalue weighted by Crippen LogP contribution is -2.63. The largest absolute Gasteiger partial charge is 0.378 e. The average molecular weight is 275 g/mol. The molecule has 2 unspecified atom stereocenters. The SMILES string of the molecule is CCOC1CC(N(C)c2ncc(C)cn2)C12CCCC2. The molecule has 2 aliphatic carbocycles. The summed E-state index contributed by atoms with van der Waals surface area (Å²) in [6, 6.07) is 0.532. The molecule has 0 radical (unpaired) electrons. The van der Waals surface area contributed by atoms with Crippen LogP contribution in [-0.4, -0.2) is 35.8 Å². The monoisotopic (exact) mass is 275 g/mol. The van der Waals surface area contributed by atoms with Gasteiger partial charge in [0.2, 0.25) is 5.95 Å². The third-order valence-electron chi connectivity index (χ3n) is 5.19. The van der Waals surface area contributed by atoms with Gasteiger partial charge in [-0.05, 0) is 38.7 Å². The van der Waals surface area contributed by atoms with Gasteiger partial charge in [-0.25, -0.2) is 9.97 Å². The van der Waals surface area contributed by atoms with Crippen LogP contribution >= 0.6 is 0 Å². The second-order valence-electron chi connectivity index (χ2n) is 6.31. The zero-order valence-electron chi connectivity index (χ0n) is 12.8. The van der Waals surface area contributed by atoms with Gasteiger partial charge < -0.3 is 9.64 Å². The summed E-state index contributed by atoms with van der Waals surface area (Å²) in [5, 5.41) is 0. The van der Waals surface area contributed by atoms with Crippen molar-refractivity contribution >= 4 is 5.95 Å². The molecule has 1 spiro atoms. The molecule has 1 aromatic rings. The summed E-state index contributed by atoms with van der Waals surface area (Å²) in [6.07, 6.45) is 10.6. The van der Waals surface area contributed by atoms with Crippen molar-refractivity contribution < 1.29 is 4.74 Å².